The van der Waals surface area contributed by atoms with Gasteiger partial charge in [-0.15, -0.1) is 0 Å². The molecule has 0 saturated heterocycles. The highest BCUT2D eigenvalue weighted by Crippen LogP contribution is 2.34. The van der Waals surface area contributed by atoms with Crippen molar-refractivity contribution in [3.63, 3.8) is 0 Å². The van der Waals surface area contributed by atoms with Crippen LogP contribution < -0.4 is 10.1 Å². The second-order valence-electron chi connectivity index (χ2n) is 5.76. The molecule has 3 rings (SSSR count). The lowest BCUT2D eigenvalue weighted by Gasteiger charge is -2.35. The van der Waals surface area contributed by atoms with E-state index in [1.807, 2.05) is 0 Å². The minimum Gasteiger partial charge on any atom is -0.493 e. The molecule has 2 heteroatoms. The highest BCUT2D eigenvalue weighted by molar-refractivity contribution is 5.37. The molecule has 18 heavy (non-hydrogen) atoms. The topological polar surface area (TPSA) is 21.3 Å². The molecule has 1 aliphatic carbocycles. The van der Waals surface area contributed by atoms with Gasteiger partial charge in [-0.3, -0.25) is 0 Å². The SMILES string of the molecule is CC1CCCCC1NC1CCOc2ccccc21. The minimum absolute atomic E-state index is 0.487. The van der Waals surface area contributed by atoms with Gasteiger partial charge in [-0.1, -0.05) is 38.0 Å². The highest BCUT2D eigenvalue weighted by Gasteiger charge is 2.27. The summed E-state index contributed by atoms with van der Waals surface area (Å²) >= 11 is 0. The van der Waals surface area contributed by atoms with Crippen molar-refractivity contribution in [1.29, 1.82) is 0 Å². The summed E-state index contributed by atoms with van der Waals surface area (Å²) in [5.41, 5.74) is 1.35. The van der Waals surface area contributed by atoms with Gasteiger partial charge in [0.25, 0.3) is 0 Å². The molecule has 0 bridgehead atoms. The largest absolute Gasteiger partial charge is 0.493 e. The summed E-state index contributed by atoms with van der Waals surface area (Å²) in [7, 11) is 0. The van der Waals surface area contributed by atoms with E-state index in [2.05, 4.69) is 36.5 Å². The van der Waals surface area contributed by atoms with Gasteiger partial charge in [-0.25, -0.2) is 0 Å². The number of nitrogens with one attached hydrogen (secondary N) is 1. The van der Waals surface area contributed by atoms with E-state index in [0.717, 1.165) is 24.7 Å². The molecule has 0 amide bonds. The quantitative estimate of drug-likeness (QED) is 0.858. The van der Waals surface area contributed by atoms with Crippen molar-refractivity contribution in [2.24, 2.45) is 5.92 Å². The first-order chi connectivity index (χ1) is 8.84. The molecule has 2 nitrogen and oxygen atoms in total. The average Bonchev–Trinajstić information content (AvgIpc) is 2.42. The summed E-state index contributed by atoms with van der Waals surface area (Å²) in [6.07, 6.45) is 6.60. The van der Waals surface area contributed by atoms with Gasteiger partial charge in [-0.05, 0) is 24.8 Å². The van der Waals surface area contributed by atoms with E-state index in [0.29, 0.717) is 12.1 Å². The smallest absolute Gasteiger partial charge is 0.124 e. The van der Waals surface area contributed by atoms with Gasteiger partial charge in [0.1, 0.15) is 5.75 Å². The molecular formula is C16H23NO. The number of fused-ring (bicyclic) bond motifs is 1. The molecule has 1 saturated carbocycles. The Bertz CT molecular complexity index is 404. The number of rotatable bonds is 2. The van der Waals surface area contributed by atoms with Crippen LogP contribution in [0.4, 0.5) is 0 Å². The van der Waals surface area contributed by atoms with Gasteiger partial charge >= 0.3 is 0 Å². The molecule has 1 aromatic carbocycles. The van der Waals surface area contributed by atoms with Gasteiger partial charge in [0.05, 0.1) is 6.61 Å². The Kier molecular flexibility index (Phi) is 3.55. The van der Waals surface area contributed by atoms with E-state index in [1.165, 1.54) is 31.2 Å². The Morgan fingerprint density at radius 1 is 1.11 bits per heavy atom. The van der Waals surface area contributed by atoms with Crippen molar-refractivity contribution in [3.8, 4) is 5.75 Å². The van der Waals surface area contributed by atoms with Crippen LogP contribution in [0.3, 0.4) is 0 Å². The number of para-hydroxylation sites is 1. The Hall–Kier alpha value is -1.02. The van der Waals surface area contributed by atoms with Crippen molar-refractivity contribution >= 4 is 0 Å². The fourth-order valence-corrected chi connectivity index (χ4v) is 3.34. The van der Waals surface area contributed by atoms with Crippen LogP contribution in [0, 0.1) is 5.92 Å². The molecule has 1 fully saturated rings. The highest BCUT2D eigenvalue weighted by atomic mass is 16.5. The van der Waals surface area contributed by atoms with Crippen LogP contribution in [0.2, 0.25) is 0 Å². The predicted octanol–water partition coefficient (Wildman–Crippen LogP) is 3.68. The number of hydrogen-bond donors (Lipinski definition) is 1. The zero-order valence-electron chi connectivity index (χ0n) is 11.2. The van der Waals surface area contributed by atoms with Gasteiger partial charge in [0, 0.05) is 24.1 Å². The molecule has 1 aromatic rings. The summed E-state index contributed by atoms with van der Waals surface area (Å²) in [6.45, 7) is 3.23. The molecule has 0 spiro atoms. The molecule has 2 aliphatic rings. The molecule has 1 N–H and O–H groups in total. The maximum atomic E-state index is 5.73. The standard InChI is InChI=1S/C16H23NO/c1-12-6-2-4-8-14(12)17-15-10-11-18-16-9-5-3-7-13(15)16/h3,5,7,9,12,14-15,17H,2,4,6,8,10-11H2,1H3. The predicted molar refractivity (Wildman–Crippen MR) is 73.9 cm³/mol. The fourth-order valence-electron chi connectivity index (χ4n) is 3.34. The zero-order valence-corrected chi connectivity index (χ0v) is 11.2. The van der Waals surface area contributed by atoms with E-state index in [9.17, 15) is 0 Å². The van der Waals surface area contributed by atoms with Crippen LogP contribution in [0.1, 0.15) is 50.6 Å². The Morgan fingerprint density at radius 3 is 2.83 bits per heavy atom. The number of benzene rings is 1. The molecule has 3 unspecified atom stereocenters. The monoisotopic (exact) mass is 245 g/mol. The Labute approximate surface area is 110 Å². The molecule has 1 aliphatic heterocycles. The third-order valence-electron chi connectivity index (χ3n) is 4.49. The van der Waals surface area contributed by atoms with Crippen molar-refractivity contribution in [1.82, 2.24) is 5.32 Å². The lowest BCUT2D eigenvalue weighted by Crippen LogP contribution is -2.41. The molecule has 0 aromatic heterocycles. The summed E-state index contributed by atoms with van der Waals surface area (Å²) in [5.74, 6) is 1.89. The minimum atomic E-state index is 0.487. The van der Waals surface area contributed by atoms with Crippen LogP contribution in [-0.4, -0.2) is 12.6 Å². The Balaban J connectivity index is 1.73. The van der Waals surface area contributed by atoms with Crippen molar-refractivity contribution in [2.75, 3.05) is 6.61 Å². The summed E-state index contributed by atoms with van der Waals surface area (Å²) in [6, 6.07) is 9.65. The maximum Gasteiger partial charge on any atom is 0.124 e. The summed E-state index contributed by atoms with van der Waals surface area (Å²) in [4.78, 5) is 0. The number of hydrogen-bond acceptors (Lipinski definition) is 2. The third kappa shape index (κ3) is 2.39. The van der Waals surface area contributed by atoms with Gasteiger partial charge < -0.3 is 10.1 Å². The molecule has 1 heterocycles. The van der Waals surface area contributed by atoms with Crippen LogP contribution in [-0.2, 0) is 0 Å². The summed E-state index contributed by atoms with van der Waals surface area (Å²) < 4.78 is 5.73. The van der Waals surface area contributed by atoms with Crippen molar-refractivity contribution in [2.45, 2.75) is 51.1 Å². The molecule has 98 valence electrons. The second-order valence-corrected chi connectivity index (χ2v) is 5.76. The molecule has 3 atom stereocenters. The van der Waals surface area contributed by atoms with Crippen molar-refractivity contribution in [3.05, 3.63) is 29.8 Å². The third-order valence-corrected chi connectivity index (χ3v) is 4.49. The van der Waals surface area contributed by atoms with Crippen molar-refractivity contribution < 1.29 is 4.74 Å². The van der Waals surface area contributed by atoms with E-state index >= 15 is 0 Å². The zero-order chi connectivity index (χ0) is 12.4. The molecule has 0 radical (unpaired) electrons. The van der Waals surface area contributed by atoms with E-state index in [4.69, 9.17) is 4.74 Å². The summed E-state index contributed by atoms with van der Waals surface area (Å²) in [5, 5.41) is 3.88. The maximum absolute atomic E-state index is 5.73. The lowest BCUT2D eigenvalue weighted by molar-refractivity contribution is 0.209. The fraction of sp³-hybridized carbons (Fsp3) is 0.625. The van der Waals surface area contributed by atoms with Crippen LogP contribution in [0.25, 0.3) is 0 Å². The van der Waals surface area contributed by atoms with Crippen LogP contribution in [0.5, 0.6) is 5.75 Å². The van der Waals surface area contributed by atoms with E-state index in [-0.39, 0.29) is 0 Å². The first kappa shape index (κ1) is 12.0. The first-order valence-electron chi connectivity index (χ1n) is 7.32. The number of ether oxygens (including phenoxy) is 1. The van der Waals surface area contributed by atoms with Crippen LogP contribution >= 0.6 is 0 Å². The van der Waals surface area contributed by atoms with Crippen LogP contribution in [0.15, 0.2) is 24.3 Å². The second kappa shape index (κ2) is 5.31. The Morgan fingerprint density at radius 2 is 1.94 bits per heavy atom. The molecular weight excluding hydrogens is 222 g/mol. The average molecular weight is 245 g/mol. The van der Waals surface area contributed by atoms with E-state index in [1.54, 1.807) is 0 Å². The van der Waals surface area contributed by atoms with Gasteiger partial charge in [0.15, 0.2) is 0 Å². The normalized spacial score (nSPS) is 31.5. The first-order valence-corrected chi connectivity index (χ1v) is 7.32. The van der Waals surface area contributed by atoms with Gasteiger partial charge in [0.2, 0.25) is 0 Å². The lowest BCUT2D eigenvalue weighted by atomic mass is 9.84. The van der Waals surface area contributed by atoms with E-state index < -0.39 is 0 Å². The van der Waals surface area contributed by atoms with Gasteiger partial charge in [-0.2, -0.15) is 0 Å².